The third-order valence-corrected chi connectivity index (χ3v) is 6.14. The Morgan fingerprint density at radius 2 is 2.31 bits per heavy atom. The Balaban J connectivity index is 1.57. The van der Waals surface area contributed by atoms with Gasteiger partial charge in [0, 0.05) is 44.7 Å². The lowest BCUT2D eigenvalue weighted by Crippen LogP contribution is -2.45. The maximum Gasteiger partial charge on any atom is 0.317 e. The Kier molecular flexibility index (Phi) is 4.48. The molecule has 2 saturated heterocycles. The standard InChI is InChI=1S/C18H26N6OS/c1-12(2)19-17(25)24-8-15-7-23(6-14-4-5-26-9-14)10-18(15,11-24)16-20-13(3)21-22-16/h4-5,9,12,15H,6-8,10-11H2,1-3H3,(H,19,25)(H,20,21,22)/t15-,18-/m1/s1. The van der Waals surface area contributed by atoms with Crippen molar-refractivity contribution in [2.75, 3.05) is 26.2 Å². The minimum absolute atomic E-state index is 0.0189. The number of urea groups is 1. The highest BCUT2D eigenvalue weighted by molar-refractivity contribution is 7.07. The Bertz CT molecular complexity index is 773. The van der Waals surface area contributed by atoms with Gasteiger partial charge in [-0.15, -0.1) is 0 Å². The number of fused-ring (bicyclic) bond motifs is 1. The second-order valence-electron chi connectivity index (χ2n) is 7.88. The van der Waals surface area contributed by atoms with Crippen LogP contribution in [0.3, 0.4) is 0 Å². The van der Waals surface area contributed by atoms with Crippen molar-refractivity contribution in [2.24, 2.45) is 5.92 Å². The molecule has 2 atom stereocenters. The molecule has 4 rings (SSSR count). The fraction of sp³-hybridized carbons (Fsp3) is 0.611. The molecule has 2 aliphatic rings. The number of aromatic nitrogens is 3. The van der Waals surface area contributed by atoms with E-state index in [4.69, 9.17) is 0 Å². The summed E-state index contributed by atoms with van der Waals surface area (Å²) < 4.78 is 0. The van der Waals surface area contributed by atoms with Crippen molar-refractivity contribution in [2.45, 2.75) is 38.8 Å². The second-order valence-corrected chi connectivity index (χ2v) is 8.66. The van der Waals surface area contributed by atoms with Crippen molar-refractivity contribution in [3.05, 3.63) is 34.0 Å². The third-order valence-electron chi connectivity index (χ3n) is 5.41. The molecule has 0 aromatic carbocycles. The van der Waals surface area contributed by atoms with E-state index in [0.717, 1.165) is 37.8 Å². The van der Waals surface area contributed by atoms with Gasteiger partial charge in [-0.1, -0.05) is 0 Å². The summed E-state index contributed by atoms with van der Waals surface area (Å²) in [6.45, 7) is 10.1. The van der Waals surface area contributed by atoms with Gasteiger partial charge >= 0.3 is 6.03 Å². The highest BCUT2D eigenvalue weighted by Gasteiger charge is 2.56. The van der Waals surface area contributed by atoms with E-state index in [1.807, 2.05) is 25.7 Å². The van der Waals surface area contributed by atoms with Crippen molar-refractivity contribution < 1.29 is 4.79 Å². The van der Waals surface area contributed by atoms with Crippen LogP contribution in [0.2, 0.25) is 0 Å². The number of carbonyl (C=O) groups is 1. The average molecular weight is 375 g/mol. The predicted octanol–water partition coefficient (Wildman–Crippen LogP) is 1.98. The van der Waals surface area contributed by atoms with Crippen molar-refractivity contribution in [3.8, 4) is 0 Å². The number of likely N-dealkylation sites (tertiary alicyclic amines) is 2. The monoisotopic (exact) mass is 374 g/mol. The van der Waals surface area contributed by atoms with Gasteiger partial charge < -0.3 is 10.2 Å². The number of H-pyrrole nitrogens is 1. The first-order chi connectivity index (χ1) is 12.5. The molecular formula is C18H26N6OS. The Morgan fingerprint density at radius 1 is 1.46 bits per heavy atom. The maximum atomic E-state index is 12.6. The van der Waals surface area contributed by atoms with Gasteiger partial charge in [0.25, 0.3) is 0 Å². The minimum Gasteiger partial charge on any atom is -0.336 e. The average Bonchev–Trinajstić information content (AvgIpc) is 3.30. The number of nitrogens with one attached hydrogen (secondary N) is 2. The third kappa shape index (κ3) is 3.12. The van der Waals surface area contributed by atoms with Crippen LogP contribution >= 0.6 is 11.3 Å². The molecule has 2 aromatic heterocycles. The second kappa shape index (κ2) is 6.66. The molecule has 8 heteroatoms. The predicted molar refractivity (Wildman–Crippen MR) is 101 cm³/mol. The topological polar surface area (TPSA) is 77.2 Å². The molecule has 26 heavy (non-hydrogen) atoms. The summed E-state index contributed by atoms with van der Waals surface area (Å²) in [4.78, 5) is 21.6. The molecule has 4 heterocycles. The minimum atomic E-state index is -0.185. The number of amides is 2. The van der Waals surface area contributed by atoms with Crippen molar-refractivity contribution in [1.29, 1.82) is 0 Å². The van der Waals surface area contributed by atoms with Crippen LogP contribution in [-0.4, -0.2) is 63.2 Å². The van der Waals surface area contributed by atoms with E-state index < -0.39 is 0 Å². The van der Waals surface area contributed by atoms with E-state index in [9.17, 15) is 4.79 Å². The lowest BCUT2D eigenvalue weighted by molar-refractivity contribution is 0.194. The Hall–Kier alpha value is -1.93. The fourth-order valence-corrected chi connectivity index (χ4v) is 4.97. The summed E-state index contributed by atoms with van der Waals surface area (Å²) in [6, 6.07) is 2.34. The van der Waals surface area contributed by atoms with Gasteiger partial charge in [-0.05, 0) is 43.2 Å². The van der Waals surface area contributed by atoms with E-state index in [2.05, 4.69) is 42.2 Å². The van der Waals surface area contributed by atoms with Crippen molar-refractivity contribution >= 4 is 17.4 Å². The molecule has 0 unspecified atom stereocenters. The summed E-state index contributed by atoms with van der Waals surface area (Å²) in [6.07, 6.45) is 0. The van der Waals surface area contributed by atoms with Gasteiger partial charge in [0.1, 0.15) is 5.82 Å². The van der Waals surface area contributed by atoms with Crippen molar-refractivity contribution in [3.63, 3.8) is 0 Å². The summed E-state index contributed by atoms with van der Waals surface area (Å²) in [5, 5.41) is 14.8. The first-order valence-corrected chi connectivity index (χ1v) is 10.1. The van der Waals surface area contributed by atoms with E-state index in [1.54, 1.807) is 11.3 Å². The lowest BCUT2D eigenvalue weighted by Gasteiger charge is -2.27. The van der Waals surface area contributed by atoms with Crippen LogP contribution in [0.15, 0.2) is 16.8 Å². The molecule has 0 radical (unpaired) electrons. The largest absolute Gasteiger partial charge is 0.336 e. The van der Waals surface area contributed by atoms with E-state index in [-0.39, 0.29) is 17.5 Å². The first-order valence-electron chi connectivity index (χ1n) is 9.14. The number of thiophene rings is 1. The number of rotatable bonds is 4. The van der Waals surface area contributed by atoms with Crippen molar-refractivity contribution in [1.82, 2.24) is 30.3 Å². The summed E-state index contributed by atoms with van der Waals surface area (Å²) in [5.41, 5.74) is 1.17. The van der Waals surface area contributed by atoms with Crippen LogP contribution < -0.4 is 5.32 Å². The molecule has 2 fully saturated rings. The number of hydrogen-bond donors (Lipinski definition) is 2. The normalized spacial score (nSPS) is 25.8. The highest BCUT2D eigenvalue weighted by atomic mass is 32.1. The fourth-order valence-electron chi connectivity index (χ4n) is 4.31. The van der Waals surface area contributed by atoms with Crippen LogP contribution in [0, 0.1) is 12.8 Å². The van der Waals surface area contributed by atoms with Crippen LogP contribution in [0.25, 0.3) is 0 Å². The van der Waals surface area contributed by atoms with Gasteiger partial charge in [0.05, 0.1) is 5.41 Å². The molecular weight excluding hydrogens is 348 g/mol. The van der Waals surface area contributed by atoms with Gasteiger partial charge in [-0.3, -0.25) is 10.00 Å². The number of aryl methyl sites for hydroxylation is 1. The Labute approximate surface area is 157 Å². The zero-order valence-corrected chi connectivity index (χ0v) is 16.3. The highest BCUT2D eigenvalue weighted by Crippen LogP contribution is 2.44. The molecule has 0 spiro atoms. The van der Waals surface area contributed by atoms with Crippen LogP contribution in [0.1, 0.15) is 31.1 Å². The van der Waals surface area contributed by atoms with Gasteiger partial charge in [-0.2, -0.15) is 16.4 Å². The van der Waals surface area contributed by atoms with E-state index >= 15 is 0 Å². The van der Waals surface area contributed by atoms with E-state index in [1.165, 1.54) is 5.56 Å². The molecule has 2 aliphatic heterocycles. The van der Waals surface area contributed by atoms with Crippen LogP contribution in [0.4, 0.5) is 4.79 Å². The van der Waals surface area contributed by atoms with Gasteiger partial charge in [0.2, 0.25) is 0 Å². The molecule has 2 aromatic rings. The zero-order valence-electron chi connectivity index (χ0n) is 15.5. The quantitative estimate of drug-likeness (QED) is 0.858. The van der Waals surface area contributed by atoms with Gasteiger partial charge in [0.15, 0.2) is 5.82 Å². The maximum absolute atomic E-state index is 12.6. The molecule has 0 saturated carbocycles. The summed E-state index contributed by atoms with van der Waals surface area (Å²) in [5.74, 6) is 2.04. The smallest absolute Gasteiger partial charge is 0.317 e. The lowest BCUT2D eigenvalue weighted by atomic mass is 9.80. The Morgan fingerprint density at radius 3 is 2.96 bits per heavy atom. The molecule has 7 nitrogen and oxygen atoms in total. The number of carbonyl (C=O) groups excluding carboxylic acids is 1. The number of aromatic amines is 1. The first kappa shape index (κ1) is 17.5. The molecule has 0 bridgehead atoms. The summed E-state index contributed by atoms with van der Waals surface area (Å²) in [7, 11) is 0. The van der Waals surface area contributed by atoms with Crippen LogP contribution in [-0.2, 0) is 12.0 Å². The SMILES string of the molecule is Cc1nc([C@@]23CN(Cc4ccsc4)C[C@@H]2CN(C(=O)NC(C)C)C3)n[nH]1. The van der Waals surface area contributed by atoms with E-state index in [0.29, 0.717) is 12.5 Å². The summed E-state index contributed by atoms with van der Waals surface area (Å²) >= 11 is 1.74. The molecule has 140 valence electrons. The number of nitrogens with zero attached hydrogens (tertiary/aromatic N) is 4. The van der Waals surface area contributed by atoms with Gasteiger partial charge in [-0.25, -0.2) is 9.78 Å². The molecule has 0 aliphatic carbocycles. The molecule has 2 amide bonds. The molecule has 2 N–H and O–H groups in total. The van der Waals surface area contributed by atoms with Crippen LogP contribution in [0.5, 0.6) is 0 Å². The zero-order chi connectivity index (χ0) is 18.3. The number of hydrogen-bond acceptors (Lipinski definition) is 5.